The monoisotopic (exact) mass is 287 g/mol. The molecule has 0 radical (unpaired) electrons. The highest BCUT2D eigenvalue weighted by atomic mass is 32.2. The second-order valence-electron chi connectivity index (χ2n) is 4.36. The summed E-state index contributed by atoms with van der Waals surface area (Å²) < 4.78 is 26.2. The third-order valence-corrected chi connectivity index (χ3v) is 3.94. The lowest BCUT2D eigenvalue weighted by atomic mass is 10.2. The van der Waals surface area contributed by atoms with E-state index < -0.39 is 22.1 Å². The second kappa shape index (κ2) is 6.14. The molecular formula is C12H17NO5S. The van der Waals surface area contributed by atoms with Gasteiger partial charge in [0.2, 0.25) is 10.0 Å². The molecule has 0 aliphatic heterocycles. The molecular weight excluding hydrogens is 270 g/mol. The summed E-state index contributed by atoms with van der Waals surface area (Å²) in [5.41, 5.74) is 1.65. The molecule has 3 N–H and O–H groups in total. The number of aliphatic carboxylic acids is 1. The molecule has 0 aliphatic rings. The van der Waals surface area contributed by atoms with Gasteiger partial charge in [0.25, 0.3) is 0 Å². The normalized spacial score (nSPS) is 13.2. The summed E-state index contributed by atoms with van der Waals surface area (Å²) in [5, 5.41) is 17.5. The standard InChI is InChI=1S/C12H17NO5S/c1-8-5-9(2)7-10(6-8)19(17,18)13-4-3-11(14)12(15)16/h5-7,11,13-14H,3-4H2,1-2H3,(H,15,16). The van der Waals surface area contributed by atoms with E-state index in [9.17, 15) is 13.2 Å². The van der Waals surface area contributed by atoms with Crippen LogP contribution in [-0.2, 0) is 14.8 Å². The third kappa shape index (κ3) is 4.62. The van der Waals surface area contributed by atoms with Gasteiger partial charge < -0.3 is 10.2 Å². The van der Waals surface area contributed by atoms with Crippen LogP contribution in [0.1, 0.15) is 17.5 Å². The van der Waals surface area contributed by atoms with Crippen molar-refractivity contribution in [3.63, 3.8) is 0 Å². The number of carbonyl (C=O) groups is 1. The Balaban J connectivity index is 2.73. The van der Waals surface area contributed by atoms with Crippen molar-refractivity contribution in [2.45, 2.75) is 31.3 Å². The van der Waals surface area contributed by atoms with Gasteiger partial charge in [0.05, 0.1) is 4.90 Å². The minimum absolute atomic E-state index is 0.134. The van der Waals surface area contributed by atoms with E-state index >= 15 is 0 Å². The number of sulfonamides is 1. The summed E-state index contributed by atoms with van der Waals surface area (Å²) in [6.45, 7) is 3.45. The van der Waals surface area contributed by atoms with E-state index in [2.05, 4.69) is 4.72 Å². The SMILES string of the molecule is Cc1cc(C)cc(S(=O)(=O)NCCC(O)C(=O)O)c1. The minimum atomic E-state index is -3.68. The van der Waals surface area contributed by atoms with E-state index in [0.717, 1.165) is 11.1 Å². The van der Waals surface area contributed by atoms with Gasteiger partial charge in [-0.2, -0.15) is 0 Å². The maximum atomic E-state index is 11.9. The molecule has 1 aromatic carbocycles. The topological polar surface area (TPSA) is 104 Å². The molecule has 0 aliphatic carbocycles. The third-order valence-electron chi connectivity index (χ3n) is 2.50. The molecule has 1 aromatic rings. The van der Waals surface area contributed by atoms with Gasteiger partial charge in [-0.15, -0.1) is 0 Å². The van der Waals surface area contributed by atoms with Crippen LogP contribution < -0.4 is 4.72 Å². The largest absolute Gasteiger partial charge is 0.479 e. The highest BCUT2D eigenvalue weighted by Gasteiger charge is 2.17. The Hall–Kier alpha value is -1.44. The van der Waals surface area contributed by atoms with E-state index in [0.29, 0.717) is 0 Å². The number of aliphatic hydroxyl groups excluding tert-OH is 1. The number of aliphatic hydroxyl groups is 1. The van der Waals surface area contributed by atoms with Crippen LogP contribution >= 0.6 is 0 Å². The molecule has 1 atom stereocenters. The van der Waals surface area contributed by atoms with Gasteiger partial charge in [-0.25, -0.2) is 17.9 Å². The van der Waals surface area contributed by atoms with Gasteiger partial charge >= 0.3 is 5.97 Å². The number of aryl methyl sites for hydroxylation is 2. The number of hydrogen-bond acceptors (Lipinski definition) is 4. The molecule has 1 rings (SSSR count). The van der Waals surface area contributed by atoms with Crippen molar-refractivity contribution in [2.24, 2.45) is 0 Å². The highest BCUT2D eigenvalue weighted by molar-refractivity contribution is 7.89. The van der Waals surface area contributed by atoms with Gasteiger partial charge in [0.1, 0.15) is 0 Å². The molecule has 0 fully saturated rings. The van der Waals surface area contributed by atoms with Crippen molar-refractivity contribution in [1.82, 2.24) is 4.72 Å². The number of nitrogens with one attached hydrogen (secondary N) is 1. The van der Waals surface area contributed by atoms with Crippen LogP contribution in [0.25, 0.3) is 0 Å². The van der Waals surface area contributed by atoms with Crippen molar-refractivity contribution in [3.8, 4) is 0 Å². The lowest BCUT2D eigenvalue weighted by molar-refractivity contribution is -0.146. The zero-order chi connectivity index (χ0) is 14.6. The predicted molar refractivity (Wildman–Crippen MR) is 69.4 cm³/mol. The maximum Gasteiger partial charge on any atom is 0.332 e. The zero-order valence-electron chi connectivity index (χ0n) is 10.8. The Bertz CT molecular complexity index is 547. The molecule has 0 aromatic heterocycles. The van der Waals surface area contributed by atoms with Crippen LogP contribution in [0.5, 0.6) is 0 Å². The van der Waals surface area contributed by atoms with Crippen LogP contribution in [0.3, 0.4) is 0 Å². The Morgan fingerprint density at radius 2 is 1.79 bits per heavy atom. The van der Waals surface area contributed by atoms with Gasteiger partial charge in [0, 0.05) is 6.54 Å². The van der Waals surface area contributed by atoms with Crippen LogP contribution in [-0.4, -0.2) is 37.2 Å². The van der Waals surface area contributed by atoms with Gasteiger partial charge in [-0.05, 0) is 43.5 Å². The average molecular weight is 287 g/mol. The number of carboxylic acids is 1. The van der Waals surface area contributed by atoms with Gasteiger partial charge in [0.15, 0.2) is 6.10 Å². The Labute approximate surface area is 112 Å². The average Bonchev–Trinajstić information content (AvgIpc) is 2.27. The summed E-state index contributed by atoms with van der Waals surface area (Å²) in [6, 6.07) is 4.92. The summed E-state index contributed by atoms with van der Waals surface area (Å²) in [5.74, 6) is -1.37. The van der Waals surface area contributed by atoms with Crippen molar-refractivity contribution in [1.29, 1.82) is 0 Å². The number of benzene rings is 1. The lowest BCUT2D eigenvalue weighted by Gasteiger charge is -2.09. The van der Waals surface area contributed by atoms with Crippen LogP contribution in [0.15, 0.2) is 23.1 Å². The zero-order valence-corrected chi connectivity index (χ0v) is 11.6. The highest BCUT2D eigenvalue weighted by Crippen LogP contribution is 2.14. The quantitative estimate of drug-likeness (QED) is 0.703. The number of carboxylic acid groups (broad SMARTS) is 1. The van der Waals surface area contributed by atoms with Gasteiger partial charge in [-0.1, -0.05) is 6.07 Å². The summed E-state index contributed by atoms with van der Waals surface area (Å²) in [6.07, 6.45) is -1.75. The molecule has 106 valence electrons. The first-order valence-corrected chi connectivity index (χ1v) is 7.19. The first-order valence-electron chi connectivity index (χ1n) is 5.71. The maximum absolute atomic E-state index is 11.9. The fourth-order valence-electron chi connectivity index (χ4n) is 1.62. The fourth-order valence-corrected chi connectivity index (χ4v) is 2.86. The molecule has 0 amide bonds. The van der Waals surface area contributed by atoms with E-state index in [4.69, 9.17) is 10.2 Å². The molecule has 0 bridgehead atoms. The Kier molecular flexibility index (Phi) is 5.04. The fraction of sp³-hybridized carbons (Fsp3) is 0.417. The van der Waals surface area contributed by atoms with Crippen molar-refractivity contribution < 1.29 is 23.4 Å². The first-order chi connectivity index (χ1) is 8.72. The van der Waals surface area contributed by atoms with Crippen molar-refractivity contribution >= 4 is 16.0 Å². The molecule has 0 saturated carbocycles. The molecule has 19 heavy (non-hydrogen) atoms. The van der Waals surface area contributed by atoms with E-state index in [1.165, 1.54) is 12.1 Å². The second-order valence-corrected chi connectivity index (χ2v) is 6.13. The summed E-state index contributed by atoms with van der Waals surface area (Å²) in [7, 11) is -3.68. The van der Waals surface area contributed by atoms with E-state index in [1.807, 2.05) is 6.07 Å². The number of hydrogen-bond donors (Lipinski definition) is 3. The first kappa shape index (κ1) is 15.6. The minimum Gasteiger partial charge on any atom is -0.479 e. The van der Waals surface area contributed by atoms with Crippen LogP contribution in [0.4, 0.5) is 0 Å². The number of rotatable bonds is 6. The molecule has 0 heterocycles. The smallest absolute Gasteiger partial charge is 0.332 e. The Morgan fingerprint density at radius 3 is 2.26 bits per heavy atom. The summed E-state index contributed by atoms with van der Waals surface area (Å²) >= 11 is 0. The van der Waals surface area contributed by atoms with Crippen molar-refractivity contribution in [2.75, 3.05) is 6.54 Å². The van der Waals surface area contributed by atoms with Crippen molar-refractivity contribution in [3.05, 3.63) is 29.3 Å². The molecule has 0 spiro atoms. The van der Waals surface area contributed by atoms with Crippen LogP contribution in [0.2, 0.25) is 0 Å². The lowest BCUT2D eigenvalue weighted by Crippen LogP contribution is -2.30. The van der Waals surface area contributed by atoms with Crippen LogP contribution in [0, 0.1) is 13.8 Å². The molecule has 6 nitrogen and oxygen atoms in total. The molecule has 1 unspecified atom stereocenters. The summed E-state index contributed by atoms with van der Waals surface area (Å²) in [4.78, 5) is 10.5. The Morgan fingerprint density at radius 1 is 1.26 bits per heavy atom. The predicted octanol–water partition coefficient (Wildman–Crippen LogP) is 0.417. The van der Waals surface area contributed by atoms with E-state index in [-0.39, 0.29) is 17.9 Å². The van der Waals surface area contributed by atoms with E-state index in [1.54, 1.807) is 13.8 Å². The molecule has 7 heteroatoms. The van der Waals surface area contributed by atoms with Gasteiger partial charge in [-0.3, -0.25) is 0 Å². The molecule has 0 saturated heterocycles.